The fourth-order valence-electron chi connectivity index (χ4n) is 8.32. The van der Waals surface area contributed by atoms with E-state index >= 15 is 0 Å². The summed E-state index contributed by atoms with van der Waals surface area (Å²) in [6.07, 6.45) is 7.58. The van der Waals surface area contributed by atoms with Crippen molar-refractivity contribution >= 4 is 36.7 Å². The molecule has 18 heteroatoms. The van der Waals surface area contributed by atoms with Crippen molar-refractivity contribution in [3.05, 3.63) is 0 Å². The van der Waals surface area contributed by atoms with Crippen molar-refractivity contribution in [3.63, 3.8) is 0 Å². The molecule has 0 aromatic rings. The molecule has 14 N–H and O–H groups in total. The number of rotatable bonds is 25. The molecule has 4 aliphatic rings. The van der Waals surface area contributed by atoms with Crippen LogP contribution in [0.3, 0.4) is 0 Å². The van der Waals surface area contributed by atoms with E-state index in [1.807, 2.05) is 6.92 Å². The maximum Gasteiger partial charge on any atom is 0.497 e. The largest absolute Gasteiger partial charge is 0.497 e. The van der Waals surface area contributed by atoms with Crippen LogP contribution in [-0.4, -0.2) is 103 Å². The first-order valence-electron chi connectivity index (χ1n) is 20.4. The summed E-state index contributed by atoms with van der Waals surface area (Å²) in [5.74, 6) is -2.65. The van der Waals surface area contributed by atoms with E-state index in [1.165, 1.54) is 19.8 Å². The second-order valence-electron chi connectivity index (χ2n) is 16.5. The van der Waals surface area contributed by atoms with Crippen LogP contribution in [0.15, 0.2) is 0 Å². The number of amides is 5. The molecule has 0 aromatic heterocycles. The number of nitrogens with one attached hydrogen (secondary N) is 5. The summed E-state index contributed by atoms with van der Waals surface area (Å²) in [6.45, 7) is 10.4. The summed E-state index contributed by atoms with van der Waals surface area (Å²) < 4.78 is 12.6. The molecular weight excluding hydrogens is 709 g/mol. The lowest BCUT2D eigenvalue weighted by atomic mass is 9.43. The van der Waals surface area contributed by atoms with E-state index < -0.39 is 72.8 Å². The van der Waals surface area contributed by atoms with E-state index in [-0.39, 0.29) is 43.2 Å². The molecule has 10 atom stereocenters. The zero-order chi connectivity index (χ0) is 40.9. The van der Waals surface area contributed by atoms with Crippen molar-refractivity contribution in [2.24, 2.45) is 40.2 Å². The number of hydrogen-bond donors (Lipinski definition) is 10. The average molecular weight is 780 g/mol. The van der Waals surface area contributed by atoms with Gasteiger partial charge in [0, 0.05) is 6.42 Å². The normalized spacial score (nSPS) is 25.6. The molecule has 0 aromatic carbocycles. The Morgan fingerprint density at radius 3 is 2.02 bits per heavy atom. The molecule has 3 saturated carbocycles. The molecule has 3 aliphatic carbocycles. The number of carbonyl (C=O) groups is 5. The van der Waals surface area contributed by atoms with Crippen LogP contribution in [0.2, 0.25) is 0 Å². The average Bonchev–Trinajstić information content (AvgIpc) is 3.50. The third-order valence-corrected chi connectivity index (χ3v) is 11.9. The van der Waals surface area contributed by atoms with Crippen LogP contribution >= 0.6 is 0 Å². The van der Waals surface area contributed by atoms with Gasteiger partial charge in [0.1, 0.15) is 24.2 Å². The van der Waals surface area contributed by atoms with E-state index in [0.29, 0.717) is 37.6 Å². The third kappa shape index (κ3) is 12.6. The topological polar surface area (TPSA) is 288 Å². The second kappa shape index (κ2) is 21.6. The lowest BCUT2D eigenvalue weighted by molar-refractivity contribution is -0.199. The van der Waals surface area contributed by atoms with Gasteiger partial charge in [0.2, 0.25) is 23.6 Å². The highest BCUT2D eigenvalue weighted by Crippen LogP contribution is 2.65. The van der Waals surface area contributed by atoms with E-state index in [2.05, 4.69) is 47.4 Å². The first-order chi connectivity index (χ1) is 26.0. The quantitative estimate of drug-likeness (QED) is 0.0319. The van der Waals surface area contributed by atoms with E-state index in [9.17, 15) is 29.1 Å². The highest BCUT2D eigenvalue weighted by Gasteiger charge is 2.68. The Balaban J connectivity index is 1.54. The van der Waals surface area contributed by atoms with E-state index in [0.717, 1.165) is 38.5 Å². The standard InChI is InChI=1S/C37H70BN9O8/c1-6-7-8-9-10-11-12-16-28(49)43-25(17-19-40)31(50)45-29(22(2)48)33(52)46-30(41)34(53)44-24(15-13-14-18-39)32(51)47-35(42)38-54-27-21-23-20-26(36(23,3)4)37(27,5)55-38/h22-27,29-30,35,48H,6-21,39-42H2,1-5H3,(H,43,49)(H,44,53)(H,45,50)(H,46,52)(H,47,51). The predicted octanol–water partition coefficient (Wildman–Crippen LogP) is -0.490. The van der Waals surface area contributed by atoms with Crippen LogP contribution in [-0.2, 0) is 33.3 Å². The minimum absolute atomic E-state index is 0.0805. The van der Waals surface area contributed by atoms with E-state index in [1.54, 1.807) is 0 Å². The van der Waals surface area contributed by atoms with Crippen LogP contribution in [0.5, 0.6) is 0 Å². The van der Waals surface area contributed by atoms with Gasteiger partial charge in [-0.15, -0.1) is 0 Å². The Kier molecular flexibility index (Phi) is 18.3. The Morgan fingerprint density at radius 2 is 1.40 bits per heavy atom. The van der Waals surface area contributed by atoms with Crippen LogP contribution in [0.4, 0.5) is 0 Å². The zero-order valence-corrected chi connectivity index (χ0v) is 33.7. The Morgan fingerprint density at radius 1 is 0.764 bits per heavy atom. The van der Waals surface area contributed by atoms with Gasteiger partial charge in [0.15, 0.2) is 6.17 Å². The van der Waals surface area contributed by atoms with Crippen molar-refractivity contribution in [3.8, 4) is 0 Å². The smallest absolute Gasteiger partial charge is 0.403 e. The van der Waals surface area contributed by atoms with Crippen LogP contribution in [0, 0.1) is 17.3 Å². The molecule has 5 amide bonds. The Hall–Kier alpha value is -2.87. The third-order valence-electron chi connectivity index (χ3n) is 11.9. The molecule has 0 radical (unpaired) electrons. The summed E-state index contributed by atoms with van der Waals surface area (Å²) in [5.41, 5.74) is 23.4. The molecular formula is C37H70BN9O8. The van der Waals surface area contributed by atoms with Gasteiger partial charge < -0.3 is 63.9 Å². The van der Waals surface area contributed by atoms with Crippen LogP contribution in [0.1, 0.15) is 125 Å². The van der Waals surface area contributed by atoms with E-state index in [4.69, 9.17) is 32.2 Å². The summed E-state index contributed by atoms with van der Waals surface area (Å²) in [6, 6.07) is -4.69. The van der Waals surface area contributed by atoms with Crippen LogP contribution in [0.25, 0.3) is 0 Å². The maximum atomic E-state index is 13.5. The van der Waals surface area contributed by atoms with Gasteiger partial charge in [0.05, 0.1) is 17.8 Å². The first-order valence-corrected chi connectivity index (χ1v) is 20.4. The lowest BCUT2D eigenvalue weighted by Crippen LogP contribution is -2.65. The Bertz CT molecular complexity index is 1290. The fraction of sp³-hybridized carbons (Fsp3) is 0.865. The summed E-state index contributed by atoms with van der Waals surface area (Å²) in [4.78, 5) is 65.8. The molecule has 55 heavy (non-hydrogen) atoms. The van der Waals surface area contributed by atoms with Gasteiger partial charge in [0.25, 0.3) is 5.91 Å². The number of carbonyl (C=O) groups excluding carboxylic acids is 5. The van der Waals surface area contributed by atoms with Crippen molar-refractivity contribution in [2.45, 2.75) is 173 Å². The van der Waals surface area contributed by atoms with Crippen molar-refractivity contribution in [1.29, 1.82) is 0 Å². The van der Waals surface area contributed by atoms with Gasteiger partial charge in [-0.2, -0.15) is 0 Å². The number of hydrogen-bond acceptors (Lipinski definition) is 12. The fourth-order valence-corrected chi connectivity index (χ4v) is 8.32. The number of unbranched alkanes of at least 4 members (excludes halogenated alkanes) is 7. The van der Waals surface area contributed by atoms with Gasteiger partial charge in [-0.25, -0.2) is 0 Å². The van der Waals surface area contributed by atoms with Gasteiger partial charge in [-0.1, -0.05) is 59.3 Å². The molecule has 0 spiro atoms. The first kappa shape index (κ1) is 46.5. The molecule has 2 bridgehead atoms. The number of aliphatic hydroxyl groups excluding tert-OH is 1. The molecule has 1 saturated heterocycles. The van der Waals surface area contributed by atoms with Crippen LogP contribution < -0.4 is 49.5 Å². The highest BCUT2D eigenvalue weighted by atomic mass is 16.7. The minimum Gasteiger partial charge on any atom is -0.403 e. The lowest BCUT2D eigenvalue weighted by Gasteiger charge is -2.64. The molecule has 1 aliphatic heterocycles. The molecule has 4 rings (SSSR count). The van der Waals surface area contributed by atoms with Gasteiger partial charge >= 0.3 is 7.12 Å². The second-order valence-corrected chi connectivity index (χ2v) is 16.5. The van der Waals surface area contributed by atoms with Gasteiger partial charge in [-0.3, -0.25) is 24.0 Å². The summed E-state index contributed by atoms with van der Waals surface area (Å²) >= 11 is 0. The van der Waals surface area contributed by atoms with Crippen molar-refractivity contribution in [1.82, 2.24) is 26.6 Å². The molecule has 10 unspecified atom stereocenters. The maximum absolute atomic E-state index is 13.5. The SMILES string of the molecule is CCCCCCCCCC(=O)NC(CCN)C(=O)NC(C(=O)NC(N)C(=O)NC(CCCCN)C(=O)NC(N)B1OC2CC3CC(C3(C)C)C2(C)O1)C(C)O. The minimum atomic E-state index is -1.66. The number of nitrogens with two attached hydrogens (primary N) is 4. The van der Waals surface area contributed by atoms with Gasteiger partial charge in [-0.05, 0) is 89.1 Å². The van der Waals surface area contributed by atoms with Crippen molar-refractivity contribution < 1.29 is 38.4 Å². The highest BCUT2D eigenvalue weighted by molar-refractivity contribution is 6.47. The summed E-state index contributed by atoms with van der Waals surface area (Å²) in [7, 11) is -0.883. The molecule has 1 heterocycles. The van der Waals surface area contributed by atoms with Crippen molar-refractivity contribution in [2.75, 3.05) is 13.1 Å². The number of aliphatic hydroxyl groups is 1. The molecule has 314 valence electrons. The zero-order valence-electron chi connectivity index (χ0n) is 33.7. The summed E-state index contributed by atoms with van der Waals surface area (Å²) in [5, 5.41) is 23.1. The molecule has 4 fully saturated rings. The monoisotopic (exact) mass is 780 g/mol. The molecule has 17 nitrogen and oxygen atoms in total. The predicted molar refractivity (Wildman–Crippen MR) is 209 cm³/mol. The Labute approximate surface area is 327 Å².